The summed E-state index contributed by atoms with van der Waals surface area (Å²) in [7, 11) is 0. The van der Waals surface area contributed by atoms with Crippen molar-refractivity contribution in [2.45, 2.75) is 13.5 Å². The van der Waals surface area contributed by atoms with Crippen LogP contribution >= 0.6 is 0 Å². The molecule has 0 aliphatic rings. The fourth-order valence-corrected chi connectivity index (χ4v) is 2.89. The Labute approximate surface area is 156 Å². The number of anilines is 1. The Morgan fingerprint density at radius 3 is 2.70 bits per heavy atom. The lowest BCUT2D eigenvalue weighted by Gasteiger charge is -2.05. The van der Waals surface area contributed by atoms with Crippen LogP contribution in [-0.2, 0) is 6.54 Å². The number of aromatic carboxylic acids is 1. The molecule has 0 saturated heterocycles. The normalized spacial score (nSPS) is 10.4. The number of rotatable bonds is 5. The third kappa shape index (κ3) is 3.72. The molecule has 0 fully saturated rings. The second-order valence-electron chi connectivity index (χ2n) is 6.31. The lowest BCUT2D eigenvalue weighted by molar-refractivity contribution is 0.0696. The first-order chi connectivity index (χ1) is 12.9. The van der Waals surface area contributed by atoms with Gasteiger partial charge in [0.2, 0.25) is 0 Å². The first kappa shape index (κ1) is 18.0. The predicted octanol–water partition coefficient (Wildman–Crippen LogP) is 4.04. The van der Waals surface area contributed by atoms with E-state index in [0.29, 0.717) is 28.7 Å². The number of allylic oxidation sites excluding steroid dienone is 1. The van der Waals surface area contributed by atoms with E-state index in [0.717, 1.165) is 11.1 Å². The molecule has 6 heteroatoms. The molecule has 6 nitrogen and oxygen atoms in total. The molecule has 1 aromatic heterocycles. The second kappa shape index (κ2) is 7.18. The number of carbonyl (C=O) groups excluding carboxylic acids is 1. The first-order valence-corrected chi connectivity index (χ1v) is 8.21. The summed E-state index contributed by atoms with van der Waals surface area (Å²) in [5.41, 5.74) is 3.11. The number of nitrogens with zero attached hydrogens (tertiary/aromatic N) is 2. The third-order valence-corrected chi connectivity index (χ3v) is 4.06. The van der Waals surface area contributed by atoms with Gasteiger partial charge in [0.05, 0.1) is 28.3 Å². The van der Waals surface area contributed by atoms with Crippen molar-refractivity contribution >= 4 is 28.5 Å². The minimum absolute atomic E-state index is 0.0937. The Kier molecular flexibility index (Phi) is 4.77. The summed E-state index contributed by atoms with van der Waals surface area (Å²) in [6.07, 6.45) is 1.72. The fourth-order valence-electron chi connectivity index (χ4n) is 2.89. The summed E-state index contributed by atoms with van der Waals surface area (Å²) in [5.74, 6) is -1.42. The van der Waals surface area contributed by atoms with Crippen LogP contribution in [0, 0.1) is 11.3 Å². The minimum Gasteiger partial charge on any atom is -0.478 e. The van der Waals surface area contributed by atoms with Crippen molar-refractivity contribution in [2.75, 3.05) is 5.32 Å². The second-order valence-corrected chi connectivity index (χ2v) is 6.31. The molecule has 2 aromatic carbocycles. The molecule has 0 bridgehead atoms. The van der Waals surface area contributed by atoms with Crippen LogP contribution in [0.4, 0.5) is 5.69 Å². The van der Waals surface area contributed by atoms with Gasteiger partial charge in [-0.15, -0.1) is 0 Å². The zero-order chi connectivity index (χ0) is 19.6. The monoisotopic (exact) mass is 359 g/mol. The zero-order valence-electron chi connectivity index (χ0n) is 14.7. The smallest absolute Gasteiger partial charge is 0.335 e. The highest BCUT2D eigenvalue weighted by Crippen LogP contribution is 2.25. The summed E-state index contributed by atoms with van der Waals surface area (Å²) < 4.78 is 1.88. The molecule has 3 rings (SSSR count). The maximum Gasteiger partial charge on any atom is 0.335 e. The third-order valence-electron chi connectivity index (χ3n) is 4.06. The van der Waals surface area contributed by atoms with Gasteiger partial charge in [-0.3, -0.25) is 4.79 Å². The van der Waals surface area contributed by atoms with E-state index in [1.165, 1.54) is 12.1 Å². The highest BCUT2D eigenvalue weighted by Gasteiger charge is 2.16. The van der Waals surface area contributed by atoms with E-state index in [4.69, 9.17) is 10.4 Å². The molecule has 0 aliphatic heterocycles. The number of nitrogens with one attached hydrogen (secondary N) is 1. The van der Waals surface area contributed by atoms with E-state index >= 15 is 0 Å². The van der Waals surface area contributed by atoms with Crippen LogP contribution in [0.1, 0.15) is 33.2 Å². The highest BCUT2D eigenvalue weighted by molar-refractivity contribution is 6.13. The SMILES string of the molecule is C=C(C)Cn1cc(C(=O)Nc2cccc(C(=O)O)c2)c2ccc(C#N)cc21. The Morgan fingerprint density at radius 1 is 1.26 bits per heavy atom. The summed E-state index contributed by atoms with van der Waals surface area (Å²) in [6.45, 7) is 6.31. The largest absolute Gasteiger partial charge is 0.478 e. The molecule has 0 spiro atoms. The highest BCUT2D eigenvalue weighted by atomic mass is 16.4. The van der Waals surface area contributed by atoms with Gasteiger partial charge in [-0.1, -0.05) is 24.3 Å². The van der Waals surface area contributed by atoms with Crippen molar-refractivity contribution < 1.29 is 14.7 Å². The van der Waals surface area contributed by atoms with Crippen LogP contribution in [-0.4, -0.2) is 21.6 Å². The molecule has 0 radical (unpaired) electrons. The van der Waals surface area contributed by atoms with Gasteiger partial charge in [0.25, 0.3) is 5.91 Å². The van der Waals surface area contributed by atoms with E-state index < -0.39 is 5.97 Å². The maximum absolute atomic E-state index is 12.8. The van der Waals surface area contributed by atoms with Gasteiger partial charge in [-0.25, -0.2) is 4.79 Å². The van der Waals surface area contributed by atoms with Gasteiger partial charge in [0.15, 0.2) is 0 Å². The van der Waals surface area contributed by atoms with E-state index in [1.54, 1.807) is 36.5 Å². The van der Waals surface area contributed by atoms with Crippen molar-refractivity contribution in [3.8, 4) is 6.07 Å². The Hall–Kier alpha value is -3.85. The molecule has 0 unspecified atom stereocenters. The summed E-state index contributed by atoms with van der Waals surface area (Å²) in [6, 6.07) is 13.3. The predicted molar refractivity (Wildman–Crippen MR) is 103 cm³/mol. The first-order valence-electron chi connectivity index (χ1n) is 8.21. The molecule has 27 heavy (non-hydrogen) atoms. The summed E-state index contributed by atoms with van der Waals surface area (Å²) >= 11 is 0. The fraction of sp³-hybridized carbons (Fsp3) is 0.0952. The quantitative estimate of drug-likeness (QED) is 0.672. The van der Waals surface area contributed by atoms with Gasteiger partial charge < -0.3 is 15.0 Å². The molecule has 2 N–H and O–H groups in total. The minimum atomic E-state index is -1.06. The number of carboxylic acid groups (broad SMARTS) is 1. The average Bonchev–Trinajstić information content (AvgIpc) is 2.99. The number of benzene rings is 2. The van der Waals surface area contributed by atoms with Gasteiger partial charge >= 0.3 is 5.97 Å². The molecule has 1 amide bonds. The molecular formula is C21H17N3O3. The average molecular weight is 359 g/mol. The van der Waals surface area contributed by atoms with E-state index in [1.807, 2.05) is 11.5 Å². The number of nitriles is 1. The van der Waals surface area contributed by atoms with Crippen LogP contribution < -0.4 is 5.32 Å². The van der Waals surface area contributed by atoms with Crippen molar-refractivity contribution in [3.05, 3.63) is 77.5 Å². The number of hydrogen-bond donors (Lipinski definition) is 2. The number of carboxylic acids is 1. The molecule has 0 saturated carbocycles. The van der Waals surface area contributed by atoms with Gasteiger partial charge in [0.1, 0.15) is 0 Å². The Morgan fingerprint density at radius 2 is 2.04 bits per heavy atom. The molecule has 0 aliphatic carbocycles. The van der Waals surface area contributed by atoms with Crippen molar-refractivity contribution in [2.24, 2.45) is 0 Å². The zero-order valence-corrected chi connectivity index (χ0v) is 14.7. The van der Waals surface area contributed by atoms with Crippen molar-refractivity contribution in [1.29, 1.82) is 5.26 Å². The summed E-state index contributed by atoms with van der Waals surface area (Å²) in [4.78, 5) is 23.9. The van der Waals surface area contributed by atoms with Crippen molar-refractivity contribution in [1.82, 2.24) is 4.57 Å². The molecule has 0 atom stereocenters. The number of amides is 1. The van der Waals surface area contributed by atoms with Crippen LogP contribution in [0.2, 0.25) is 0 Å². The lowest BCUT2D eigenvalue weighted by Crippen LogP contribution is -2.12. The lowest BCUT2D eigenvalue weighted by atomic mass is 10.1. The van der Waals surface area contributed by atoms with Gasteiger partial charge in [0, 0.05) is 23.8 Å². The van der Waals surface area contributed by atoms with Gasteiger partial charge in [-0.05, 0) is 37.3 Å². The number of carbonyl (C=O) groups is 2. The molecular weight excluding hydrogens is 342 g/mol. The molecule has 1 heterocycles. The van der Waals surface area contributed by atoms with Crippen LogP contribution in [0.25, 0.3) is 10.9 Å². The summed E-state index contributed by atoms with van der Waals surface area (Å²) in [5, 5.41) is 21.7. The van der Waals surface area contributed by atoms with E-state index in [2.05, 4.69) is 18.0 Å². The maximum atomic E-state index is 12.8. The topological polar surface area (TPSA) is 95.1 Å². The number of hydrogen-bond acceptors (Lipinski definition) is 3. The standard InChI is InChI=1S/C21H17N3O3/c1-13(2)11-24-12-18(17-7-6-14(10-22)8-19(17)24)20(25)23-16-5-3-4-15(9-16)21(26)27/h3-9,12H,1,11H2,2H3,(H,23,25)(H,26,27). The number of fused-ring (bicyclic) bond motifs is 1. The Balaban J connectivity index is 2.01. The Bertz CT molecular complexity index is 1120. The molecule has 3 aromatic rings. The van der Waals surface area contributed by atoms with Crippen LogP contribution in [0.15, 0.2) is 60.8 Å². The van der Waals surface area contributed by atoms with Crippen LogP contribution in [0.3, 0.4) is 0 Å². The van der Waals surface area contributed by atoms with E-state index in [-0.39, 0.29) is 11.5 Å². The molecule has 134 valence electrons. The van der Waals surface area contributed by atoms with Crippen LogP contribution in [0.5, 0.6) is 0 Å². The van der Waals surface area contributed by atoms with Crippen molar-refractivity contribution in [3.63, 3.8) is 0 Å². The van der Waals surface area contributed by atoms with E-state index in [9.17, 15) is 9.59 Å². The van der Waals surface area contributed by atoms with Gasteiger partial charge in [-0.2, -0.15) is 5.26 Å². The number of aromatic nitrogens is 1.